The highest BCUT2D eigenvalue weighted by molar-refractivity contribution is 7.16. The summed E-state index contributed by atoms with van der Waals surface area (Å²) < 4.78 is 2.04. The Morgan fingerprint density at radius 2 is 1.88 bits per heavy atom. The number of rotatable bonds is 6. The number of Topliss-reactive ketones (excluding diaryl/α,β-unsaturated/α-hetero) is 1. The van der Waals surface area contributed by atoms with Crippen LogP contribution in [0.4, 0.5) is 10.8 Å². The Bertz CT molecular complexity index is 1430. The molecule has 3 heterocycles. The molecule has 3 aromatic heterocycles. The molecule has 0 atom stereocenters. The monoisotopic (exact) mass is 438 g/mol. The van der Waals surface area contributed by atoms with Crippen LogP contribution in [0.25, 0.3) is 17.0 Å². The molecular formula is C26H22N4OS. The molecule has 0 aliphatic rings. The maximum Gasteiger partial charge on any atom is 0.188 e. The van der Waals surface area contributed by atoms with Crippen molar-refractivity contribution in [1.82, 2.24) is 14.4 Å². The minimum atomic E-state index is 0.102. The van der Waals surface area contributed by atoms with E-state index in [9.17, 15) is 4.79 Å². The second-order valence-electron chi connectivity index (χ2n) is 7.73. The van der Waals surface area contributed by atoms with Crippen molar-refractivity contribution in [3.05, 3.63) is 101 Å². The van der Waals surface area contributed by atoms with Crippen LogP contribution in [0.5, 0.6) is 0 Å². The second-order valence-corrected chi connectivity index (χ2v) is 8.93. The van der Waals surface area contributed by atoms with Gasteiger partial charge < -0.3 is 5.32 Å². The van der Waals surface area contributed by atoms with Gasteiger partial charge in [-0.15, -0.1) is 11.3 Å². The van der Waals surface area contributed by atoms with Crippen LogP contribution in [0.15, 0.2) is 79.1 Å². The van der Waals surface area contributed by atoms with E-state index in [1.165, 1.54) is 0 Å². The first kappa shape index (κ1) is 20.2. The van der Waals surface area contributed by atoms with Crippen LogP contribution in [0.3, 0.4) is 0 Å². The maximum absolute atomic E-state index is 12.9. The van der Waals surface area contributed by atoms with Crippen LogP contribution in [0.1, 0.15) is 26.4 Å². The third kappa shape index (κ3) is 3.92. The van der Waals surface area contributed by atoms with E-state index in [1.807, 2.05) is 90.4 Å². The Labute approximate surface area is 190 Å². The van der Waals surface area contributed by atoms with Gasteiger partial charge in [0.1, 0.15) is 11.3 Å². The number of nitrogens with zero attached hydrogens (tertiary/aromatic N) is 3. The summed E-state index contributed by atoms with van der Waals surface area (Å²) in [7, 11) is 0. The first-order valence-electron chi connectivity index (χ1n) is 10.4. The van der Waals surface area contributed by atoms with Gasteiger partial charge in [-0.05, 0) is 49.2 Å². The molecule has 0 spiro atoms. The third-order valence-electron chi connectivity index (χ3n) is 5.50. The predicted molar refractivity (Wildman–Crippen MR) is 130 cm³/mol. The molecule has 0 aliphatic heterocycles. The lowest BCUT2D eigenvalue weighted by Crippen LogP contribution is -2.05. The molecule has 0 fully saturated rings. The van der Waals surface area contributed by atoms with E-state index in [1.54, 1.807) is 11.3 Å². The average molecular weight is 439 g/mol. The fourth-order valence-electron chi connectivity index (χ4n) is 3.77. The molecule has 0 amide bonds. The number of aryl methyl sites for hydroxylation is 2. The molecule has 5 nitrogen and oxygen atoms in total. The van der Waals surface area contributed by atoms with Crippen LogP contribution in [0.2, 0.25) is 0 Å². The minimum Gasteiger partial charge on any atom is -0.332 e. The van der Waals surface area contributed by atoms with Crippen molar-refractivity contribution in [2.45, 2.75) is 20.3 Å². The van der Waals surface area contributed by atoms with E-state index >= 15 is 0 Å². The summed E-state index contributed by atoms with van der Waals surface area (Å²) in [5, 5.41) is 4.16. The van der Waals surface area contributed by atoms with Gasteiger partial charge in [-0.1, -0.05) is 42.5 Å². The number of pyridine rings is 1. The number of nitrogens with one attached hydrogen (secondary N) is 1. The number of fused-ring (bicyclic) bond motifs is 1. The van der Waals surface area contributed by atoms with Crippen LogP contribution in [0, 0.1) is 13.8 Å². The molecule has 0 aliphatic carbocycles. The van der Waals surface area contributed by atoms with Gasteiger partial charge in [0.25, 0.3) is 0 Å². The summed E-state index contributed by atoms with van der Waals surface area (Å²) >= 11 is 1.59. The van der Waals surface area contributed by atoms with E-state index in [-0.39, 0.29) is 5.78 Å². The second kappa shape index (κ2) is 8.40. The zero-order valence-corrected chi connectivity index (χ0v) is 18.7. The number of hydrogen-bond donors (Lipinski definition) is 1. The first-order chi connectivity index (χ1) is 15.6. The van der Waals surface area contributed by atoms with Crippen molar-refractivity contribution in [3.63, 3.8) is 0 Å². The standard InChI is InChI=1S/C26H22N4OS/c1-17-8-3-4-9-19(17)15-23(31)20-10-7-11-21(14-20)28-26-29-25(18(2)32-26)22-16-27-24-12-5-6-13-30(22)24/h3-14,16H,15H2,1-2H3,(H,28,29). The van der Waals surface area contributed by atoms with Gasteiger partial charge in [0, 0.05) is 28.7 Å². The largest absolute Gasteiger partial charge is 0.332 e. The van der Waals surface area contributed by atoms with Crippen LogP contribution < -0.4 is 5.32 Å². The number of thiazole rings is 1. The van der Waals surface area contributed by atoms with Gasteiger partial charge in [-0.2, -0.15) is 0 Å². The van der Waals surface area contributed by atoms with E-state index in [2.05, 4.69) is 17.2 Å². The SMILES string of the molecule is Cc1ccccc1CC(=O)c1cccc(Nc2nc(-c3cnc4ccccn34)c(C)s2)c1. The van der Waals surface area contributed by atoms with E-state index in [0.29, 0.717) is 12.0 Å². The van der Waals surface area contributed by atoms with Gasteiger partial charge in [0.15, 0.2) is 10.9 Å². The fourth-order valence-corrected chi connectivity index (χ4v) is 4.62. The number of aromatic nitrogens is 3. The Balaban J connectivity index is 1.38. The summed E-state index contributed by atoms with van der Waals surface area (Å²) in [4.78, 5) is 23.2. The molecule has 6 heteroatoms. The first-order valence-corrected chi connectivity index (χ1v) is 11.2. The Morgan fingerprint density at radius 3 is 2.75 bits per heavy atom. The van der Waals surface area contributed by atoms with E-state index in [4.69, 9.17) is 4.98 Å². The number of ketones is 1. The van der Waals surface area contributed by atoms with Crippen molar-refractivity contribution >= 4 is 33.6 Å². The molecule has 0 radical (unpaired) electrons. The Kier molecular flexibility index (Phi) is 5.29. The highest BCUT2D eigenvalue weighted by Gasteiger charge is 2.15. The molecule has 0 saturated heterocycles. The van der Waals surface area contributed by atoms with Gasteiger partial charge >= 0.3 is 0 Å². The third-order valence-corrected chi connectivity index (χ3v) is 6.39. The van der Waals surface area contributed by atoms with Crippen molar-refractivity contribution in [2.75, 3.05) is 5.32 Å². The van der Waals surface area contributed by atoms with Gasteiger partial charge in [0.05, 0.1) is 11.9 Å². The fraction of sp³-hybridized carbons (Fsp3) is 0.115. The number of hydrogen-bond acceptors (Lipinski definition) is 5. The summed E-state index contributed by atoms with van der Waals surface area (Å²) in [6, 6.07) is 21.6. The number of benzene rings is 2. The van der Waals surface area contributed by atoms with E-state index < -0.39 is 0 Å². The van der Waals surface area contributed by atoms with Crippen molar-refractivity contribution in [1.29, 1.82) is 0 Å². The molecule has 5 aromatic rings. The molecule has 5 rings (SSSR count). The molecule has 32 heavy (non-hydrogen) atoms. The summed E-state index contributed by atoms with van der Waals surface area (Å²) in [6.45, 7) is 4.09. The average Bonchev–Trinajstić information content (AvgIpc) is 3.38. The molecule has 0 unspecified atom stereocenters. The highest BCUT2D eigenvalue weighted by Crippen LogP contribution is 2.32. The van der Waals surface area contributed by atoms with Gasteiger partial charge in [-0.3, -0.25) is 9.20 Å². The molecule has 0 bridgehead atoms. The van der Waals surface area contributed by atoms with Gasteiger partial charge in [-0.25, -0.2) is 9.97 Å². The maximum atomic E-state index is 12.9. The lowest BCUT2D eigenvalue weighted by atomic mass is 9.99. The summed E-state index contributed by atoms with van der Waals surface area (Å²) in [5.41, 5.74) is 6.49. The number of imidazole rings is 1. The smallest absolute Gasteiger partial charge is 0.188 e. The summed E-state index contributed by atoms with van der Waals surface area (Å²) in [6.07, 6.45) is 4.24. The Morgan fingerprint density at radius 1 is 1.03 bits per heavy atom. The minimum absolute atomic E-state index is 0.102. The van der Waals surface area contributed by atoms with Crippen LogP contribution in [-0.4, -0.2) is 20.2 Å². The molecular weight excluding hydrogens is 416 g/mol. The molecule has 1 N–H and O–H groups in total. The number of carbonyl (C=O) groups excluding carboxylic acids is 1. The Hall–Kier alpha value is -3.77. The lowest BCUT2D eigenvalue weighted by Gasteiger charge is -2.07. The lowest BCUT2D eigenvalue weighted by molar-refractivity contribution is 0.0993. The summed E-state index contributed by atoms with van der Waals surface area (Å²) in [5.74, 6) is 0.102. The number of anilines is 2. The van der Waals surface area contributed by atoms with E-state index in [0.717, 1.165) is 43.9 Å². The van der Waals surface area contributed by atoms with Crippen molar-refractivity contribution in [2.24, 2.45) is 0 Å². The number of carbonyl (C=O) groups is 1. The zero-order chi connectivity index (χ0) is 22.1. The normalized spacial score (nSPS) is 11.1. The van der Waals surface area contributed by atoms with Crippen LogP contribution >= 0.6 is 11.3 Å². The quantitative estimate of drug-likeness (QED) is 0.319. The molecule has 0 saturated carbocycles. The zero-order valence-electron chi connectivity index (χ0n) is 17.9. The molecule has 2 aromatic carbocycles. The highest BCUT2D eigenvalue weighted by atomic mass is 32.1. The topological polar surface area (TPSA) is 59.3 Å². The molecule has 158 valence electrons. The predicted octanol–water partition coefficient (Wildman–Crippen LogP) is 6.24. The van der Waals surface area contributed by atoms with Crippen molar-refractivity contribution < 1.29 is 4.79 Å². The van der Waals surface area contributed by atoms with Gasteiger partial charge in [0.2, 0.25) is 0 Å². The van der Waals surface area contributed by atoms with Crippen molar-refractivity contribution in [3.8, 4) is 11.4 Å². The van der Waals surface area contributed by atoms with Crippen LogP contribution in [-0.2, 0) is 6.42 Å².